The molecule has 0 aliphatic heterocycles. The summed E-state index contributed by atoms with van der Waals surface area (Å²) in [6.07, 6.45) is 1.85. The summed E-state index contributed by atoms with van der Waals surface area (Å²) >= 11 is 3.39. The van der Waals surface area contributed by atoms with Crippen LogP contribution in [-0.2, 0) is 6.54 Å². The Labute approximate surface area is 153 Å². The first-order valence-corrected chi connectivity index (χ1v) is 8.40. The fourth-order valence-corrected chi connectivity index (χ4v) is 3.05. The monoisotopic (exact) mass is 397 g/mol. The van der Waals surface area contributed by atoms with Crippen molar-refractivity contribution < 1.29 is 0 Å². The molecule has 0 spiro atoms. The van der Waals surface area contributed by atoms with Crippen molar-refractivity contribution in [2.75, 3.05) is 19.4 Å². The molecule has 0 saturated heterocycles. The molecule has 0 aliphatic rings. The highest BCUT2D eigenvalue weighted by Crippen LogP contribution is 2.20. The first-order chi connectivity index (χ1) is 12.0. The van der Waals surface area contributed by atoms with Crippen LogP contribution in [0.4, 0.5) is 5.95 Å². The SMILES string of the molecule is CN(C)Cc1cccc(-n2c(NC#N)nc3ccc(Br)cc3c2=O)c1. The second kappa shape index (κ2) is 7.05. The summed E-state index contributed by atoms with van der Waals surface area (Å²) < 4.78 is 2.23. The van der Waals surface area contributed by atoms with E-state index in [9.17, 15) is 4.79 Å². The fourth-order valence-electron chi connectivity index (χ4n) is 2.69. The predicted octanol–water partition coefficient (Wildman–Crippen LogP) is 3.10. The van der Waals surface area contributed by atoms with Gasteiger partial charge in [-0.2, -0.15) is 5.26 Å². The highest BCUT2D eigenvalue weighted by atomic mass is 79.9. The van der Waals surface area contributed by atoms with Gasteiger partial charge in [-0.05, 0) is 50.0 Å². The van der Waals surface area contributed by atoms with Gasteiger partial charge >= 0.3 is 0 Å². The molecule has 1 N–H and O–H groups in total. The van der Waals surface area contributed by atoms with Gasteiger partial charge in [0.2, 0.25) is 5.95 Å². The van der Waals surface area contributed by atoms with Crippen LogP contribution in [-0.4, -0.2) is 28.5 Å². The van der Waals surface area contributed by atoms with Gasteiger partial charge in [-0.1, -0.05) is 28.1 Å². The van der Waals surface area contributed by atoms with E-state index < -0.39 is 0 Å². The molecule has 25 heavy (non-hydrogen) atoms. The molecule has 3 rings (SSSR count). The zero-order valence-electron chi connectivity index (χ0n) is 13.8. The number of anilines is 1. The van der Waals surface area contributed by atoms with E-state index in [0.29, 0.717) is 16.6 Å². The average Bonchev–Trinajstić information content (AvgIpc) is 2.56. The summed E-state index contributed by atoms with van der Waals surface area (Å²) in [7, 11) is 3.97. The molecular formula is C18H16BrN5O. The highest BCUT2D eigenvalue weighted by Gasteiger charge is 2.13. The summed E-state index contributed by atoms with van der Waals surface area (Å²) in [5.41, 5.74) is 2.03. The lowest BCUT2D eigenvalue weighted by Gasteiger charge is -2.14. The number of nitriles is 1. The van der Waals surface area contributed by atoms with Crippen LogP contribution in [0, 0.1) is 11.5 Å². The third-order valence-corrected chi connectivity index (χ3v) is 4.16. The Bertz CT molecular complexity index is 1040. The molecule has 0 saturated carbocycles. The van der Waals surface area contributed by atoms with Crippen molar-refractivity contribution in [2.45, 2.75) is 6.54 Å². The summed E-state index contributed by atoms with van der Waals surface area (Å²) in [5.74, 6) is 0.198. The number of fused-ring (bicyclic) bond motifs is 1. The van der Waals surface area contributed by atoms with E-state index in [1.54, 1.807) is 12.1 Å². The number of hydrogen-bond donors (Lipinski definition) is 1. The Morgan fingerprint density at radius 3 is 2.80 bits per heavy atom. The van der Waals surface area contributed by atoms with E-state index >= 15 is 0 Å². The summed E-state index contributed by atoms with van der Waals surface area (Å²) in [6, 6.07) is 12.9. The Morgan fingerprint density at radius 2 is 2.08 bits per heavy atom. The molecule has 0 amide bonds. The van der Waals surface area contributed by atoms with Gasteiger partial charge in [0, 0.05) is 11.0 Å². The molecule has 0 atom stereocenters. The maximum absolute atomic E-state index is 13.1. The van der Waals surface area contributed by atoms with Crippen LogP contribution in [0.3, 0.4) is 0 Å². The van der Waals surface area contributed by atoms with Gasteiger partial charge < -0.3 is 4.90 Å². The maximum atomic E-state index is 13.1. The zero-order valence-corrected chi connectivity index (χ0v) is 15.4. The molecule has 2 aromatic carbocycles. The maximum Gasteiger partial charge on any atom is 0.267 e. The Morgan fingerprint density at radius 1 is 1.28 bits per heavy atom. The molecule has 126 valence electrons. The largest absolute Gasteiger partial charge is 0.305 e. The van der Waals surface area contributed by atoms with Crippen molar-refractivity contribution in [2.24, 2.45) is 0 Å². The Hall–Kier alpha value is -2.69. The van der Waals surface area contributed by atoms with Gasteiger partial charge in [-0.25, -0.2) is 9.55 Å². The van der Waals surface area contributed by atoms with E-state index in [1.165, 1.54) is 4.57 Å². The van der Waals surface area contributed by atoms with E-state index in [0.717, 1.165) is 16.6 Å². The molecule has 7 heteroatoms. The van der Waals surface area contributed by atoms with Gasteiger partial charge in [-0.3, -0.25) is 10.1 Å². The molecular weight excluding hydrogens is 382 g/mol. The topological polar surface area (TPSA) is 73.9 Å². The normalized spacial score (nSPS) is 10.8. The second-order valence-electron chi connectivity index (χ2n) is 5.88. The molecule has 6 nitrogen and oxygen atoms in total. The van der Waals surface area contributed by atoms with Crippen molar-refractivity contribution in [1.29, 1.82) is 5.26 Å². The van der Waals surface area contributed by atoms with Crippen molar-refractivity contribution >= 4 is 32.8 Å². The average molecular weight is 398 g/mol. The van der Waals surface area contributed by atoms with Gasteiger partial charge in [0.15, 0.2) is 6.19 Å². The molecule has 0 fully saturated rings. The first-order valence-electron chi connectivity index (χ1n) is 7.61. The lowest BCUT2D eigenvalue weighted by molar-refractivity contribution is 0.402. The van der Waals surface area contributed by atoms with Crippen molar-refractivity contribution in [3.05, 3.63) is 62.9 Å². The van der Waals surface area contributed by atoms with E-state index in [4.69, 9.17) is 5.26 Å². The van der Waals surface area contributed by atoms with E-state index in [2.05, 4.69) is 26.2 Å². The van der Waals surface area contributed by atoms with Gasteiger partial charge in [0.05, 0.1) is 16.6 Å². The minimum atomic E-state index is -0.231. The number of halogens is 1. The fraction of sp³-hybridized carbons (Fsp3) is 0.167. The van der Waals surface area contributed by atoms with Crippen LogP contribution in [0.15, 0.2) is 51.7 Å². The third-order valence-electron chi connectivity index (χ3n) is 3.67. The molecule has 1 heterocycles. The molecule has 0 radical (unpaired) electrons. The van der Waals surface area contributed by atoms with Gasteiger partial charge in [-0.15, -0.1) is 0 Å². The first kappa shape index (κ1) is 17.1. The van der Waals surface area contributed by atoms with E-state index in [-0.39, 0.29) is 11.5 Å². The minimum absolute atomic E-state index is 0.198. The van der Waals surface area contributed by atoms with Gasteiger partial charge in [0.1, 0.15) is 0 Å². The lowest BCUT2D eigenvalue weighted by atomic mass is 10.2. The molecule has 3 aromatic rings. The van der Waals surface area contributed by atoms with Crippen LogP contribution < -0.4 is 10.9 Å². The van der Waals surface area contributed by atoms with Crippen molar-refractivity contribution in [1.82, 2.24) is 14.5 Å². The number of nitrogens with one attached hydrogen (secondary N) is 1. The Balaban J connectivity index is 2.27. The highest BCUT2D eigenvalue weighted by molar-refractivity contribution is 9.10. The van der Waals surface area contributed by atoms with Gasteiger partial charge in [0.25, 0.3) is 5.56 Å². The van der Waals surface area contributed by atoms with Crippen molar-refractivity contribution in [3.8, 4) is 11.9 Å². The zero-order chi connectivity index (χ0) is 18.0. The lowest BCUT2D eigenvalue weighted by Crippen LogP contribution is -2.23. The molecule has 0 aliphatic carbocycles. The van der Waals surface area contributed by atoms with Crippen LogP contribution in [0.2, 0.25) is 0 Å². The molecule has 0 unspecified atom stereocenters. The minimum Gasteiger partial charge on any atom is -0.305 e. The number of nitrogens with zero attached hydrogens (tertiary/aromatic N) is 4. The molecule has 0 bridgehead atoms. The van der Waals surface area contributed by atoms with Crippen LogP contribution >= 0.6 is 15.9 Å². The number of hydrogen-bond acceptors (Lipinski definition) is 5. The van der Waals surface area contributed by atoms with Crippen LogP contribution in [0.1, 0.15) is 5.56 Å². The number of aromatic nitrogens is 2. The molecule has 1 aromatic heterocycles. The van der Waals surface area contributed by atoms with Crippen LogP contribution in [0.25, 0.3) is 16.6 Å². The predicted molar refractivity (Wildman–Crippen MR) is 102 cm³/mol. The van der Waals surface area contributed by atoms with Crippen molar-refractivity contribution in [3.63, 3.8) is 0 Å². The summed E-state index contributed by atoms with van der Waals surface area (Å²) in [4.78, 5) is 19.5. The summed E-state index contributed by atoms with van der Waals surface area (Å²) in [5, 5.41) is 12.0. The summed E-state index contributed by atoms with van der Waals surface area (Å²) in [6.45, 7) is 0.746. The second-order valence-corrected chi connectivity index (χ2v) is 6.80. The smallest absolute Gasteiger partial charge is 0.267 e. The standard InChI is InChI=1S/C18H16BrN5O/c1-23(2)10-12-4-3-5-14(8-12)24-17(25)15-9-13(19)6-7-16(15)22-18(24)21-11-20/h3-9H,10H2,1-2H3,(H,21,22). The third kappa shape index (κ3) is 3.55. The number of benzene rings is 2. The van der Waals surface area contributed by atoms with Crippen LogP contribution in [0.5, 0.6) is 0 Å². The Kier molecular flexibility index (Phi) is 4.83. The quantitative estimate of drug-likeness (QED) is 0.540. The number of rotatable bonds is 4. The van der Waals surface area contributed by atoms with E-state index in [1.807, 2.05) is 55.5 Å².